The van der Waals surface area contributed by atoms with Crippen molar-refractivity contribution in [2.24, 2.45) is 5.73 Å². The molecule has 1 aromatic carbocycles. The molecule has 0 saturated heterocycles. The Morgan fingerprint density at radius 3 is 2.63 bits per heavy atom. The van der Waals surface area contributed by atoms with E-state index in [9.17, 15) is 8.78 Å². The van der Waals surface area contributed by atoms with E-state index in [1.807, 2.05) is 31.2 Å². The highest BCUT2D eigenvalue weighted by Gasteiger charge is 2.12. The van der Waals surface area contributed by atoms with Crippen LogP contribution in [0.3, 0.4) is 0 Å². The lowest BCUT2D eigenvalue weighted by atomic mass is 10.0. The zero-order valence-electron chi connectivity index (χ0n) is 11.1. The molecule has 0 aliphatic heterocycles. The molecule has 3 nitrogen and oxygen atoms in total. The van der Waals surface area contributed by atoms with Gasteiger partial charge in [0.2, 0.25) is 0 Å². The van der Waals surface area contributed by atoms with Gasteiger partial charge in [-0.15, -0.1) is 0 Å². The molecule has 0 aromatic heterocycles. The molecule has 1 aromatic rings. The van der Waals surface area contributed by atoms with Crippen LogP contribution in [0.1, 0.15) is 31.4 Å². The topological polar surface area (TPSA) is 44.5 Å². The molecule has 5 heteroatoms. The summed E-state index contributed by atoms with van der Waals surface area (Å²) in [6.07, 6.45) is -1.03. The van der Waals surface area contributed by atoms with Crippen molar-refractivity contribution in [3.05, 3.63) is 29.8 Å². The van der Waals surface area contributed by atoms with Crippen LogP contribution in [-0.2, 0) is 4.74 Å². The lowest BCUT2D eigenvalue weighted by molar-refractivity contribution is 0.0152. The van der Waals surface area contributed by atoms with E-state index in [0.29, 0.717) is 13.0 Å². The maximum absolute atomic E-state index is 11.9. The summed E-state index contributed by atoms with van der Waals surface area (Å²) < 4.78 is 34.3. The third-order valence-corrected chi connectivity index (χ3v) is 2.60. The van der Waals surface area contributed by atoms with Gasteiger partial charge in [0, 0.05) is 18.2 Å². The van der Waals surface area contributed by atoms with E-state index in [1.165, 1.54) is 0 Å². The number of nitrogens with two attached hydrogens (primary N) is 1. The number of ether oxygens (including phenoxy) is 2. The average Bonchev–Trinajstić information content (AvgIpc) is 2.41. The maximum Gasteiger partial charge on any atom is 0.261 e. The molecule has 0 radical (unpaired) electrons. The zero-order valence-corrected chi connectivity index (χ0v) is 11.1. The second-order valence-corrected chi connectivity index (χ2v) is 4.25. The van der Waals surface area contributed by atoms with Gasteiger partial charge in [-0.05, 0) is 18.9 Å². The van der Waals surface area contributed by atoms with Gasteiger partial charge in [-0.3, -0.25) is 0 Å². The van der Waals surface area contributed by atoms with Gasteiger partial charge in [-0.1, -0.05) is 25.1 Å². The minimum absolute atomic E-state index is 0.216. The standard InChI is InChI=1S/C14H21F2NO2/c1-2-8-19-13-6-4-3-5-11(13)12(17)7-9-18-10-14(15)16/h3-6,12,14H,2,7-10,17H2,1H3. The summed E-state index contributed by atoms with van der Waals surface area (Å²) in [5.41, 5.74) is 6.92. The lowest BCUT2D eigenvalue weighted by Gasteiger charge is -2.16. The molecule has 0 heterocycles. The van der Waals surface area contributed by atoms with Gasteiger partial charge in [0.05, 0.1) is 6.61 Å². The van der Waals surface area contributed by atoms with E-state index in [4.69, 9.17) is 15.2 Å². The van der Waals surface area contributed by atoms with Crippen molar-refractivity contribution in [1.82, 2.24) is 0 Å². The third kappa shape index (κ3) is 5.98. The van der Waals surface area contributed by atoms with Gasteiger partial charge in [-0.2, -0.15) is 0 Å². The molecule has 0 amide bonds. The summed E-state index contributed by atoms with van der Waals surface area (Å²) in [5, 5.41) is 0. The van der Waals surface area contributed by atoms with Crippen LogP contribution in [0.5, 0.6) is 5.75 Å². The average molecular weight is 273 g/mol. The summed E-state index contributed by atoms with van der Waals surface area (Å²) >= 11 is 0. The Hall–Kier alpha value is -1.20. The number of rotatable bonds is 9. The van der Waals surface area contributed by atoms with Gasteiger partial charge >= 0.3 is 0 Å². The number of hydrogen-bond donors (Lipinski definition) is 1. The van der Waals surface area contributed by atoms with Crippen LogP contribution >= 0.6 is 0 Å². The number of alkyl halides is 2. The van der Waals surface area contributed by atoms with E-state index < -0.39 is 13.0 Å². The molecular formula is C14H21F2NO2. The van der Waals surface area contributed by atoms with Crippen molar-refractivity contribution in [3.63, 3.8) is 0 Å². The van der Waals surface area contributed by atoms with E-state index in [0.717, 1.165) is 17.7 Å². The summed E-state index contributed by atoms with van der Waals surface area (Å²) in [6, 6.07) is 7.25. The Balaban J connectivity index is 2.48. The summed E-state index contributed by atoms with van der Waals surface area (Å²) in [5.74, 6) is 0.755. The first-order valence-corrected chi connectivity index (χ1v) is 6.48. The number of benzene rings is 1. The van der Waals surface area contributed by atoms with Crippen molar-refractivity contribution in [2.45, 2.75) is 32.2 Å². The van der Waals surface area contributed by atoms with Crippen LogP contribution in [0.4, 0.5) is 8.78 Å². The Morgan fingerprint density at radius 2 is 1.95 bits per heavy atom. The highest BCUT2D eigenvalue weighted by atomic mass is 19.3. The SMILES string of the molecule is CCCOc1ccccc1C(N)CCOCC(F)F. The molecule has 1 unspecified atom stereocenters. The van der Waals surface area contributed by atoms with Crippen LogP contribution in [0.25, 0.3) is 0 Å². The van der Waals surface area contributed by atoms with Crippen LogP contribution in [0.2, 0.25) is 0 Å². The second kappa shape index (κ2) is 8.82. The molecule has 2 N–H and O–H groups in total. The molecule has 0 bridgehead atoms. The van der Waals surface area contributed by atoms with E-state index in [-0.39, 0.29) is 12.6 Å². The Kier molecular flexibility index (Phi) is 7.36. The van der Waals surface area contributed by atoms with Crippen LogP contribution in [0.15, 0.2) is 24.3 Å². The quantitative estimate of drug-likeness (QED) is 0.703. The largest absolute Gasteiger partial charge is 0.493 e. The molecule has 0 aliphatic carbocycles. The zero-order chi connectivity index (χ0) is 14.1. The van der Waals surface area contributed by atoms with Crippen molar-refractivity contribution in [3.8, 4) is 5.75 Å². The Labute approximate surface area is 112 Å². The van der Waals surface area contributed by atoms with Gasteiger partial charge in [0.1, 0.15) is 12.4 Å². The van der Waals surface area contributed by atoms with Crippen molar-refractivity contribution >= 4 is 0 Å². The molecule has 0 aliphatic rings. The summed E-state index contributed by atoms with van der Waals surface area (Å²) in [6.45, 7) is 2.33. The van der Waals surface area contributed by atoms with E-state index in [2.05, 4.69) is 0 Å². The summed E-state index contributed by atoms with van der Waals surface area (Å²) in [4.78, 5) is 0. The van der Waals surface area contributed by atoms with Crippen LogP contribution < -0.4 is 10.5 Å². The van der Waals surface area contributed by atoms with Crippen LogP contribution in [-0.4, -0.2) is 26.2 Å². The van der Waals surface area contributed by atoms with Gasteiger partial charge in [0.15, 0.2) is 0 Å². The molecule has 0 fully saturated rings. The number of para-hydroxylation sites is 1. The molecule has 1 atom stereocenters. The van der Waals surface area contributed by atoms with Crippen LogP contribution in [0, 0.1) is 0 Å². The normalized spacial score (nSPS) is 12.7. The Morgan fingerprint density at radius 1 is 1.21 bits per heavy atom. The highest BCUT2D eigenvalue weighted by molar-refractivity contribution is 5.35. The smallest absolute Gasteiger partial charge is 0.261 e. The second-order valence-electron chi connectivity index (χ2n) is 4.25. The minimum atomic E-state index is -2.43. The van der Waals surface area contributed by atoms with Gasteiger partial charge in [0.25, 0.3) is 6.43 Å². The van der Waals surface area contributed by atoms with Gasteiger partial charge in [-0.25, -0.2) is 8.78 Å². The predicted octanol–water partition coefficient (Wildman–Crippen LogP) is 3.15. The first kappa shape index (κ1) is 15.9. The molecular weight excluding hydrogens is 252 g/mol. The fourth-order valence-corrected chi connectivity index (χ4v) is 1.67. The number of halogens is 2. The maximum atomic E-state index is 11.9. The molecule has 0 saturated carbocycles. The third-order valence-electron chi connectivity index (χ3n) is 2.60. The molecule has 1 rings (SSSR count). The predicted molar refractivity (Wildman–Crippen MR) is 70.6 cm³/mol. The lowest BCUT2D eigenvalue weighted by Crippen LogP contribution is -2.16. The fraction of sp³-hybridized carbons (Fsp3) is 0.571. The van der Waals surface area contributed by atoms with Crippen molar-refractivity contribution < 1.29 is 18.3 Å². The van der Waals surface area contributed by atoms with E-state index in [1.54, 1.807) is 0 Å². The molecule has 19 heavy (non-hydrogen) atoms. The molecule has 108 valence electrons. The van der Waals surface area contributed by atoms with E-state index >= 15 is 0 Å². The Bertz CT molecular complexity index is 361. The summed E-state index contributed by atoms with van der Waals surface area (Å²) in [7, 11) is 0. The highest BCUT2D eigenvalue weighted by Crippen LogP contribution is 2.25. The minimum Gasteiger partial charge on any atom is -0.493 e. The number of hydrogen-bond acceptors (Lipinski definition) is 3. The first-order valence-electron chi connectivity index (χ1n) is 6.48. The van der Waals surface area contributed by atoms with Gasteiger partial charge < -0.3 is 15.2 Å². The van der Waals surface area contributed by atoms with Crippen molar-refractivity contribution in [2.75, 3.05) is 19.8 Å². The first-order chi connectivity index (χ1) is 9.15. The molecule has 0 spiro atoms. The van der Waals surface area contributed by atoms with Crippen molar-refractivity contribution in [1.29, 1.82) is 0 Å². The fourth-order valence-electron chi connectivity index (χ4n) is 1.67. The monoisotopic (exact) mass is 273 g/mol.